The van der Waals surface area contributed by atoms with Crippen molar-refractivity contribution < 1.29 is 19.4 Å². The van der Waals surface area contributed by atoms with Crippen LogP contribution in [0.2, 0.25) is 0 Å². The van der Waals surface area contributed by atoms with Gasteiger partial charge < -0.3 is 9.84 Å². The lowest BCUT2D eigenvalue weighted by Gasteiger charge is -2.34. The van der Waals surface area contributed by atoms with Gasteiger partial charge in [-0.15, -0.1) is 0 Å². The van der Waals surface area contributed by atoms with Gasteiger partial charge in [-0.05, 0) is 41.0 Å². The topological polar surface area (TPSA) is 66.8 Å². The Bertz CT molecular complexity index is 798. The molecule has 1 fully saturated rings. The van der Waals surface area contributed by atoms with E-state index >= 15 is 0 Å². The summed E-state index contributed by atoms with van der Waals surface area (Å²) in [6, 6.07) is 14.4. The molecule has 1 atom stereocenters. The summed E-state index contributed by atoms with van der Waals surface area (Å²) in [4.78, 5) is 26.0. The number of hydrogen-bond acceptors (Lipinski definition) is 3. The predicted octanol–water partition coefficient (Wildman–Crippen LogP) is 3.69. The number of carboxylic acids is 1. The van der Waals surface area contributed by atoms with Crippen molar-refractivity contribution in [3.05, 3.63) is 59.7 Å². The van der Waals surface area contributed by atoms with E-state index in [9.17, 15) is 14.7 Å². The van der Waals surface area contributed by atoms with E-state index in [0.29, 0.717) is 0 Å². The van der Waals surface area contributed by atoms with Crippen LogP contribution in [-0.2, 0) is 9.53 Å². The summed E-state index contributed by atoms with van der Waals surface area (Å²) in [5.41, 5.74) is 3.97. The molecule has 1 amide bonds. The molecular weight excluding hydrogens is 318 g/mol. The zero-order valence-corrected chi connectivity index (χ0v) is 13.9. The van der Waals surface area contributed by atoms with Gasteiger partial charge >= 0.3 is 12.1 Å². The maximum Gasteiger partial charge on any atom is 0.411 e. The van der Waals surface area contributed by atoms with Crippen molar-refractivity contribution in [2.24, 2.45) is 5.92 Å². The zero-order chi connectivity index (χ0) is 17.6. The highest BCUT2D eigenvalue weighted by atomic mass is 16.5. The van der Waals surface area contributed by atoms with E-state index in [1.54, 1.807) is 0 Å². The highest BCUT2D eigenvalue weighted by molar-refractivity contribution is 5.85. The molecule has 0 bridgehead atoms. The van der Waals surface area contributed by atoms with Crippen LogP contribution in [0.3, 0.4) is 0 Å². The molecule has 0 spiro atoms. The molecule has 128 valence electrons. The first-order valence-electron chi connectivity index (χ1n) is 8.40. The van der Waals surface area contributed by atoms with Gasteiger partial charge in [0.1, 0.15) is 6.04 Å². The number of carbonyl (C=O) groups is 2. The largest absolute Gasteiger partial charge is 0.480 e. The smallest absolute Gasteiger partial charge is 0.411 e. The molecule has 4 rings (SSSR count). The Morgan fingerprint density at radius 2 is 1.56 bits per heavy atom. The number of amides is 1. The number of benzene rings is 2. The van der Waals surface area contributed by atoms with Crippen molar-refractivity contribution in [1.29, 1.82) is 0 Å². The van der Waals surface area contributed by atoms with Crippen LogP contribution in [0.5, 0.6) is 0 Å². The number of nitrogens with zero attached hydrogens (tertiary/aromatic N) is 1. The van der Waals surface area contributed by atoms with Gasteiger partial charge in [0.15, 0.2) is 0 Å². The van der Waals surface area contributed by atoms with Gasteiger partial charge in [0.2, 0.25) is 0 Å². The van der Waals surface area contributed by atoms with Crippen LogP contribution in [0.15, 0.2) is 48.5 Å². The molecule has 5 nitrogen and oxygen atoms in total. The van der Waals surface area contributed by atoms with Crippen LogP contribution in [-0.4, -0.2) is 35.2 Å². The maximum absolute atomic E-state index is 12.6. The molecule has 1 saturated carbocycles. The van der Waals surface area contributed by atoms with Gasteiger partial charge in [0.25, 0.3) is 0 Å². The molecule has 2 aromatic rings. The number of hydrogen-bond donors (Lipinski definition) is 1. The van der Waals surface area contributed by atoms with Crippen molar-refractivity contribution in [1.82, 2.24) is 4.90 Å². The molecule has 0 radical (unpaired) electrons. The lowest BCUT2D eigenvalue weighted by atomic mass is 10.00. The van der Waals surface area contributed by atoms with Crippen LogP contribution in [0, 0.1) is 5.92 Å². The van der Waals surface area contributed by atoms with E-state index in [4.69, 9.17) is 4.74 Å². The van der Waals surface area contributed by atoms with Crippen molar-refractivity contribution in [3.63, 3.8) is 0 Å². The first-order valence-corrected chi connectivity index (χ1v) is 8.40. The van der Waals surface area contributed by atoms with Crippen LogP contribution in [0.25, 0.3) is 11.1 Å². The molecule has 0 aromatic heterocycles. The van der Waals surface area contributed by atoms with Gasteiger partial charge in [0.05, 0.1) is 13.2 Å². The summed E-state index contributed by atoms with van der Waals surface area (Å²) in [6.07, 6.45) is 1.04. The minimum atomic E-state index is -0.977. The molecule has 0 saturated heterocycles. The first-order chi connectivity index (χ1) is 12.1. The molecule has 0 heterocycles. The lowest BCUT2D eigenvalue weighted by molar-refractivity contribution is -0.144. The number of fused-ring (bicyclic) bond motifs is 3. The second-order valence-corrected chi connectivity index (χ2v) is 6.57. The SMILES string of the molecule is COC(=O)N(C1c2ccccc2-c2ccccc21)[C@H](C(=O)O)C1CC1. The Hall–Kier alpha value is -2.82. The number of ether oxygens (including phenoxy) is 1. The van der Waals surface area contributed by atoms with Gasteiger partial charge in [-0.25, -0.2) is 9.59 Å². The fourth-order valence-corrected chi connectivity index (χ4v) is 3.87. The number of methoxy groups -OCH3 is 1. The molecule has 2 aromatic carbocycles. The quantitative estimate of drug-likeness (QED) is 0.924. The summed E-state index contributed by atoms with van der Waals surface area (Å²) in [5.74, 6) is -0.994. The average molecular weight is 337 g/mol. The Balaban J connectivity index is 1.90. The fourth-order valence-electron chi connectivity index (χ4n) is 3.87. The van der Waals surface area contributed by atoms with Gasteiger partial charge in [-0.1, -0.05) is 48.5 Å². The Kier molecular flexibility index (Phi) is 3.71. The Morgan fingerprint density at radius 3 is 2.00 bits per heavy atom. The van der Waals surface area contributed by atoms with Crippen LogP contribution >= 0.6 is 0 Å². The average Bonchev–Trinajstić information content (AvgIpc) is 3.41. The van der Waals surface area contributed by atoms with E-state index < -0.39 is 24.1 Å². The van der Waals surface area contributed by atoms with E-state index in [2.05, 4.69) is 0 Å². The second-order valence-electron chi connectivity index (χ2n) is 6.57. The number of aliphatic carboxylic acids is 1. The molecule has 1 N–H and O–H groups in total. The van der Waals surface area contributed by atoms with Crippen LogP contribution < -0.4 is 0 Å². The Morgan fingerprint density at radius 1 is 1.04 bits per heavy atom. The Labute approximate surface area is 145 Å². The van der Waals surface area contributed by atoms with E-state index in [1.165, 1.54) is 12.0 Å². The summed E-state index contributed by atoms with van der Waals surface area (Å²) in [5, 5.41) is 9.81. The summed E-state index contributed by atoms with van der Waals surface area (Å²) in [7, 11) is 1.30. The fraction of sp³-hybridized carbons (Fsp3) is 0.300. The van der Waals surface area contributed by atoms with Crippen molar-refractivity contribution >= 4 is 12.1 Å². The minimum absolute atomic E-state index is 0.0171. The van der Waals surface area contributed by atoms with E-state index in [-0.39, 0.29) is 5.92 Å². The molecule has 2 aliphatic rings. The van der Waals surface area contributed by atoms with Crippen molar-refractivity contribution in [2.75, 3.05) is 7.11 Å². The number of rotatable bonds is 4. The second kappa shape index (κ2) is 5.92. The molecule has 0 unspecified atom stereocenters. The van der Waals surface area contributed by atoms with Gasteiger partial charge in [0, 0.05) is 0 Å². The third-order valence-corrected chi connectivity index (χ3v) is 5.09. The predicted molar refractivity (Wildman–Crippen MR) is 92.1 cm³/mol. The lowest BCUT2D eigenvalue weighted by Crippen LogP contribution is -2.48. The summed E-state index contributed by atoms with van der Waals surface area (Å²) in [6.45, 7) is 0. The minimum Gasteiger partial charge on any atom is -0.480 e. The van der Waals surface area contributed by atoms with E-state index in [0.717, 1.165) is 35.1 Å². The van der Waals surface area contributed by atoms with E-state index in [1.807, 2.05) is 48.5 Å². The normalized spacial score (nSPS) is 16.7. The maximum atomic E-state index is 12.6. The third-order valence-electron chi connectivity index (χ3n) is 5.09. The number of carboxylic acid groups (broad SMARTS) is 1. The molecule has 0 aliphatic heterocycles. The highest BCUT2D eigenvalue weighted by Crippen LogP contribution is 2.49. The van der Waals surface area contributed by atoms with Crippen molar-refractivity contribution in [3.8, 4) is 11.1 Å². The van der Waals surface area contributed by atoms with Gasteiger partial charge in [-0.2, -0.15) is 0 Å². The molecule has 25 heavy (non-hydrogen) atoms. The van der Waals surface area contributed by atoms with Crippen LogP contribution in [0.1, 0.15) is 30.0 Å². The molecular formula is C20H19NO4. The zero-order valence-electron chi connectivity index (χ0n) is 13.9. The molecule has 2 aliphatic carbocycles. The van der Waals surface area contributed by atoms with Crippen LogP contribution in [0.4, 0.5) is 4.79 Å². The molecule has 5 heteroatoms. The monoisotopic (exact) mass is 337 g/mol. The first kappa shape index (κ1) is 15.7. The van der Waals surface area contributed by atoms with Crippen molar-refractivity contribution in [2.45, 2.75) is 24.9 Å². The highest BCUT2D eigenvalue weighted by Gasteiger charge is 2.48. The summed E-state index contributed by atoms with van der Waals surface area (Å²) < 4.78 is 4.99. The third kappa shape index (κ3) is 2.47. The standard InChI is InChI=1S/C20H19NO4/c1-25-20(24)21(17(19(22)23)12-10-11-12)18-15-8-4-2-6-13(15)14-7-3-5-9-16(14)18/h2-9,12,17-18H,10-11H2,1H3,(H,22,23)/t17-/m0/s1. The van der Waals surface area contributed by atoms with Gasteiger partial charge in [-0.3, -0.25) is 4.90 Å². The summed E-state index contributed by atoms with van der Waals surface area (Å²) >= 11 is 0. The number of carbonyl (C=O) groups excluding carboxylic acids is 1.